The molecule has 2 aromatic carbocycles. The van der Waals surface area contributed by atoms with Crippen LogP contribution in [0.1, 0.15) is 51.0 Å². The van der Waals surface area contributed by atoms with Gasteiger partial charge in [0.15, 0.2) is 0 Å². The largest absolute Gasteiger partial charge is 0.481 e. The Hall–Kier alpha value is -3.18. The molecule has 32 heavy (non-hydrogen) atoms. The van der Waals surface area contributed by atoms with Crippen LogP contribution in [0.2, 0.25) is 0 Å². The number of rotatable bonds is 5. The molecule has 6 rings (SSSR count). The van der Waals surface area contributed by atoms with Gasteiger partial charge in [0.2, 0.25) is 5.88 Å². The molecule has 162 valence electrons. The number of pyridine rings is 1. The number of carboxylic acid groups (broad SMARTS) is 1. The van der Waals surface area contributed by atoms with Crippen molar-refractivity contribution in [2.45, 2.75) is 38.4 Å². The summed E-state index contributed by atoms with van der Waals surface area (Å²) in [5.41, 5.74) is 8.35. The summed E-state index contributed by atoms with van der Waals surface area (Å²) < 4.78 is 12.2. The fraction of sp³-hybridized carbons (Fsp3) is 0.333. The summed E-state index contributed by atoms with van der Waals surface area (Å²) in [5, 5.41) is 9.29. The maximum absolute atomic E-state index is 11.3. The lowest BCUT2D eigenvalue weighted by molar-refractivity contribution is -0.139. The molecular formula is C27H25NO4. The van der Waals surface area contributed by atoms with Gasteiger partial charge >= 0.3 is 5.97 Å². The number of aromatic nitrogens is 1. The fourth-order valence-electron chi connectivity index (χ4n) is 5.56. The van der Waals surface area contributed by atoms with Gasteiger partial charge in [-0.2, -0.15) is 0 Å². The lowest BCUT2D eigenvalue weighted by atomic mass is 9.90. The molecule has 0 saturated heterocycles. The Morgan fingerprint density at radius 1 is 1.12 bits per heavy atom. The monoisotopic (exact) mass is 427 g/mol. The van der Waals surface area contributed by atoms with Gasteiger partial charge in [0.05, 0.1) is 12.5 Å². The van der Waals surface area contributed by atoms with Crippen LogP contribution in [-0.2, 0) is 29.0 Å². The van der Waals surface area contributed by atoms with Gasteiger partial charge in [-0.05, 0) is 70.7 Å². The Labute approximate surface area is 187 Å². The summed E-state index contributed by atoms with van der Waals surface area (Å²) in [7, 11) is 0. The molecule has 1 unspecified atom stereocenters. The molecule has 3 aromatic rings. The molecule has 2 aliphatic carbocycles. The highest BCUT2D eigenvalue weighted by Crippen LogP contribution is 2.61. The number of nitrogens with zero attached hydrogens (tertiary/aromatic N) is 1. The van der Waals surface area contributed by atoms with E-state index in [0.29, 0.717) is 12.5 Å². The Bertz CT molecular complexity index is 1220. The molecule has 0 radical (unpaired) electrons. The van der Waals surface area contributed by atoms with E-state index in [1.54, 1.807) is 0 Å². The molecule has 1 aliphatic heterocycles. The molecule has 2 heterocycles. The number of ether oxygens (including phenoxy) is 2. The number of hydrogen-bond acceptors (Lipinski definition) is 4. The minimum absolute atomic E-state index is 0.0491. The van der Waals surface area contributed by atoms with Crippen LogP contribution in [0.3, 0.4) is 0 Å². The van der Waals surface area contributed by atoms with Crippen molar-refractivity contribution in [2.75, 3.05) is 6.61 Å². The molecule has 0 amide bonds. The van der Waals surface area contributed by atoms with Gasteiger partial charge in [0, 0.05) is 18.2 Å². The highest BCUT2D eigenvalue weighted by Gasteiger charge is 2.59. The molecule has 5 nitrogen and oxygen atoms in total. The number of hydrogen-bond donors (Lipinski definition) is 1. The lowest BCUT2D eigenvalue weighted by Gasteiger charge is -2.28. The van der Waals surface area contributed by atoms with Crippen molar-refractivity contribution in [1.82, 2.24) is 4.98 Å². The Balaban J connectivity index is 1.20. The van der Waals surface area contributed by atoms with Crippen molar-refractivity contribution in [2.24, 2.45) is 11.8 Å². The van der Waals surface area contributed by atoms with E-state index >= 15 is 0 Å². The maximum Gasteiger partial charge on any atom is 0.307 e. The van der Waals surface area contributed by atoms with Gasteiger partial charge in [-0.25, -0.2) is 4.98 Å². The first-order valence-corrected chi connectivity index (χ1v) is 11.2. The summed E-state index contributed by atoms with van der Waals surface area (Å²) in [5.74, 6) is 0.0596. The first-order valence-electron chi connectivity index (χ1n) is 11.2. The van der Waals surface area contributed by atoms with Crippen molar-refractivity contribution >= 4 is 5.97 Å². The summed E-state index contributed by atoms with van der Waals surface area (Å²) >= 11 is 0. The molecule has 0 bridgehead atoms. The van der Waals surface area contributed by atoms with Crippen molar-refractivity contribution in [3.8, 4) is 5.88 Å². The minimum Gasteiger partial charge on any atom is -0.481 e. The van der Waals surface area contributed by atoms with Crippen LogP contribution in [0.25, 0.3) is 0 Å². The third-order valence-electron chi connectivity index (χ3n) is 7.27. The van der Waals surface area contributed by atoms with Gasteiger partial charge in [-0.3, -0.25) is 4.79 Å². The minimum atomic E-state index is -0.689. The number of benzene rings is 2. The average molecular weight is 428 g/mol. The van der Waals surface area contributed by atoms with Crippen molar-refractivity contribution in [1.29, 1.82) is 0 Å². The van der Waals surface area contributed by atoms with Crippen molar-refractivity contribution in [3.63, 3.8) is 0 Å². The van der Waals surface area contributed by atoms with Crippen LogP contribution in [-0.4, -0.2) is 22.7 Å². The van der Waals surface area contributed by atoms with Crippen LogP contribution >= 0.6 is 0 Å². The first kappa shape index (κ1) is 19.5. The number of carbonyl (C=O) groups is 1. The van der Waals surface area contributed by atoms with Crippen LogP contribution in [0, 0.1) is 18.8 Å². The molecule has 4 atom stereocenters. The lowest BCUT2D eigenvalue weighted by Crippen LogP contribution is -2.18. The molecular weight excluding hydrogens is 402 g/mol. The number of aryl methyl sites for hydroxylation is 1. The van der Waals surface area contributed by atoms with Gasteiger partial charge in [0.1, 0.15) is 12.7 Å². The second-order valence-corrected chi connectivity index (χ2v) is 9.16. The zero-order valence-corrected chi connectivity index (χ0v) is 18.0. The Morgan fingerprint density at radius 2 is 2.00 bits per heavy atom. The molecule has 5 heteroatoms. The maximum atomic E-state index is 11.3. The highest BCUT2D eigenvalue weighted by atomic mass is 16.5. The van der Waals surface area contributed by atoms with Crippen LogP contribution in [0.5, 0.6) is 5.88 Å². The predicted molar refractivity (Wildman–Crippen MR) is 119 cm³/mol. The van der Waals surface area contributed by atoms with Crippen molar-refractivity contribution in [3.05, 3.63) is 93.7 Å². The molecule has 1 fully saturated rings. The van der Waals surface area contributed by atoms with E-state index in [9.17, 15) is 9.90 Å². The number of carboxylic acids is 1. The molecule has 1 aromatic heterocycles. The molecule has 3 aliphatic rings. The van der Waals surface area contributed by atoms with Crippen molar-refractivity contribution < 1.29 is 19.4 Å². The Kier molecular flexibility index (Phi) is 4.54. The molecule has 1 saturated carbocycles. The van der Waals surface area contributed by atoms with Crippen LogP contribution in [0.4, 0.5) is 0 Å². The first-order chi connectivity index (χ1) is 15.6. The second kappa shape index (κ2) is 7.45. The normalized spacial score (nSPS) is 24.9. The van der Waals surface area contributed by atoms with E-state index in [2.05, 4.69) is 54.4 Å². The van der Waals surface area contributed by atoms with E-state index < -0.39 is 5.97 Å². The number of fused-ring (bicyclic) bond motifs is 4. The molecule has 1 N–H and O–H groups in total. The van der Waals surface area contributed by atoms with E-state index in [4.69, 9.17) is 9.47 Å². The van der Waals surface area contributed by atoms with E-state index in [0.717, 1.165) is 30.6 Å². The van der Waals surface area contributed by atoms with Crippen LogP contribution < -0.4 is 4.74 Å². The summed E-state index contributed by atoms with van der Waals surface area (Å²) in [4.78, 5) is 15.7. The zero-order valence-electron chi connectivity index (χ0n) is 18.0. The summed E-state index contributed by atoms with van der Waals surface area (Å²) in [6.45, 7) is 3.29. The van der Waals surface area contributed by atoms with Gasteiger partial charge in [0.25, 0.3) is 0 Å². The average Bonchev–Trinajstić information content (AvgIpc) is 3.40. The highest BCUT2D eigenvalue weighted by molar-refractivity contribution is 5.77. The summed E-state index contributed by atoms with van der Waals surface area (Å²) in [6.07, 6.45) is 3.49. The van der Waals surface area contributed by atoms with E-state index in [-0.39, 0.29) is 23.9 Å². The second-order valence-electron chi connectivity index (χ2n) is 9.16. The SMILES string of the molecule is Cc1ccccc1C1OCCc2ccc(COc3cc4c(cn3)[C@H]3[C@@H](C4)[C@@H]3C(=O)O)cc21. The van der Waals surface area contributed by atoms with E-state index in [1.807, 2.05) is 12.3 Å². The van der Waals surface area contributed by atoms with Gasteiger partial charge < -0.3 is 14.6 Å². The third kappa shape index (κ3) is 3.19. The van der Waals surface area contributed by atoms with Gasteiger partial charge in [-0.15, -0.1) is 0 Å². The third-order valence-corrected chi connectivity index (χ3v) is 7.27. The van der Waals surface area contributed by atoms with Gasteiger partial charge in [-0.1, -0.05) is 36.4 Å². The summed E-state index contributed by atoms with van der Waals surface area (Å²) in [6, 6.07) is 16.9. The number of aliphatic carboxylic acids is 1. The Morgan fingerprint density at radius 3 is 2.84 bits per heavy atom. The van der Waals surface area contributed by atoms with E-state index in [1.165, 1.54) is 27.8 Å². The van der Waals surface area contributed by atoms with Crippen LogP contribution in [0.15, 0.2) is 54.7 Å². The quantitative estimate of drug-likeness (QED) is 0.644. The standard InChI is InChI=1S/C27H25NO4/c1-15-4-2-3-5-19(15)26-20-10-16(6-7-17(20)8-9-31-26)14-32-23-12-18-11-21-24(22(18)13-28-23)25(21)27(29)30/h2-7,10,12-13,21,24-26H,8-9,11,14H2,1H3,(H,29,30)/t21-,24-,25+,26?/m1/s1. The topological polar surface area (TPSA) is 68.7 Å². The predicted octanol–water partition coefficient (Wildman–Crippen LogP) is 4.60. The molecule has 0 spiro atoms. The zero-order chi connectivity index (χ0) is 21.8. The fourth-order valence-corrected chi connectivity index (χ4v) is 5.56. The smallest absolute Gasteiger partial charge is 0.307 e.